The highest BCUT2D eigenvalue weighted by Gasteiger charge is 2.33. The summed E-state index contributed by atoms with van der Waals surface area (Å²) in [6.07, 6.45) is 1.45. The molecule has 0 atom stereocenters. The van der Waals surface area contributed by atoms with Crippen molar-refractivity contribution in [3.05, 3.63) is 45.8 Å². The largest absolute Gasteiger partial charge is 0.471 e. The van der Waals surface area contributed by atoms with E-state index in [2.05, 4.69) is 4.98 Å². The van der Waals surface area contributed by atoms with Crippen molar-refractivity contribution in [1.82, 2.24) is 9.88 Å². The molecule has 2 aromatic heterocycles. The Bertz CT molecular complexity index is 696. The number of nitrogens with zero attached hydrogens (tertiary/aromatic N) is 3. The zero-order chi connectivity index (χ0) is 14.8. The maximum absolute atomic E-state index is 12.2. The van der Waals surface area contributed by atoms with E-state index in [1.165, 1.54) is 17.5 Å². The number of aryl methyl sites for hydroxylation is 1. The number of thiophene rings is 1. The zero-order valence-corrected chi connectivity index (χ0v) is 12.3. The molecule has 3 rings (SSSR count). The summed E-state index contributed by atoms with van der Waals surface area (Å²) in [5, 5.41) is 10.7. The second-order valence-electron chi connectivity index (χ2n) is 4.94. The summed E-state index contributed by atoms with van der Waals surface area (Å²) in [6.45, 7) is 3.11. The van der Waals surface area contributed by atoms with E-state index < -0.39 is 0 Å². The zero-order valence-electron chi connectivity index (χ0n) is 11.4. The molecule has 1 saturated heterocycles. The van der Waals surface area contributed by atoms with Gasteiger partial charge in [-0.2, -0.15) is 5.26 Å². The highest BCUT2D eigenvalue weighted by atomic mass is 32.1. The number of likely N-dealkylation sites (tertiary alicyclic amines) is 1. The lowest BCUT2D eigenvalue weighted by Crippen LogP contribution is -2.56. The highest BCUT2D eigenvalue weighted by molar-refractivity contribution is 7.12. The minimum absolute atomic E-state index is 0.0320. The number of carbonyl (C=O) groups is 1. The van der Waals surface area contributed by atoms with Gasteiger partial charge in [0.1, 0.15) is 12.2 Å². The number of hydrogen-bond acceptors (Lipinski definition) is 5. The van der Waals surface area contributed by atoms with Crippen molar-refractivity contribution in [3.63, 3.8) is 0 Å². The van der Waals surface area contributed by atoms with E-state index in [1.807, 2.05) is 24.4 Å². The Morgan fingerprint density at radius 1 is 1.52 bits per heavy atom. The predicted molar refractivity (Wildman–Crippen MR) is 78.3 cm³/mol. The number of hydrogen-bond donors (Lipinski definition) is 0. The van der Waals surface area contributed by atoms with Gasteiger partial charge in [0.25, 0.3) is 5.91 Å². The molecule has 0 radical (unpaired) electrons. The molecule has 106 valence electrons. The number of rotatable bonds is 3. The normalized spacial score (nSPS) is 14.4. The van der Waals surface area contributed by atoms with Gasteiger partial charge in [0, 0.05) is 12.3 Å². The van der Waals surface area contributed by atoms with Crippen LogP contribution in [0, 0.1) is 18.3 Å². The molecule has 0 aliphatic carbocycles. The van der Waals surface area contributed by atoms with Crippen LogP contribution in [0.5, 0.6) is 5.88 Å². The Labute approximate surface area is 126 Å². The fraction of sp³-hybridized carbons (Fsp3) is 0.267. The summed E-state index contributed by atoms with van der Waals surface area (Å²) in [4.78, 5) is 18.7. The molecule has 21 heavy (non-hydrogen) atoms. The van der Waals surface area contributed by atoms with Gasteiger partial charge < -0.3 is 9.64 Å². The van der Waals surface area contributed by atoms with E-state index in [9.17, 15) is 4.79 Å². The topological polar surface area (TPSA) is 66.2 Å². The SMILES string of the molecule is Cc1csc(C(=O)N2CC(Oc3ccc(C#N)cn3)C2)c1. The molecule has 1 aliphatic heterocycles. The van der Waals surface area contributed by atoms with Crippen LogP contribution in [0.2, 0.25) is 0 Å². The van der Waals surface area contributed by atoms with Gasteiger partial charge in [0.05, 0.1) is 23.5 Å². The molecule has 5 nitrogen and oxygen atoms in total. The Kier molecular flexibility index (Phi) is 3.59. The predicted octanol–water partition coefficient (Wildman–Crippen LogP) is 2.23. The van der Waals surface area contributed by atoms with E-state index in [-0.39, 0.29) is 12.0 Å². The van der Waals surface area contributed by atoms with Crippen LogP contribution in [0.25, 0.3) is 0 Å². The maximum atomic E-state index is 12.2. The van der Waals surface area contributed by atoms with Crippen molar-refractivity contribution in [2.45, 2.75) is 13.0 Å². The third kappa shape index (κ3) is 2.88. The molecule has 0 unspecified atom stereocenters. The molecule has 0 spiro atoms. The van der Waals surface area contributed by atoms with Crippen LogP contribution in [0.15, 0.2) is 29.8 Å². The first kappa shape index (κ1) is 13.6. The second-order valence-corrected chi connectivity index (χ2v) is 5.85. The van der Waals surface area contributed by atoms with E-state index in [0.29, 0.717) is 24.5 Å². The third-order valence-corrected chi connectivity index (χ3v) is 4.27. The first-order chi connectivity index (χ1) is 10.2. The van der Waals surface area contributed by atoms with E-state index >= 15 is 0 Å². The molecule has 0 aromatic carbocycles. The van der Waals surface area contributed by atoms with Crippen molar-refractivity contribution in [2.75, 3.05) is 13.1 Å². The van der Waals surface area contributed by atoms with Crippen LogP contribution < -0.4 is 4.74 Å². The van der Waals surface area contributed by atoms with Gasteiger partial charge in [-0.05, 0) is 30.0 Å². The molecule has 3 heterocycles. The first-order valence-electron chi connectivity index (χ1n) is 6.53. The standard InChI is InChI=1S/C15H13N3O2S/c1-10-4-13(21-9-10)15(19)18-7-12(8-18)20-14-3-2-11(5-16)6-17-14/h2-4,6,9,12H,7-8H2,1H3. The molecule has 1 amide bonds. The van der Waals surface area contributed by atoms with Crippen molar-refractivity contribution in [1.29, 1.82) is 5.26 Å². The molecular weight excluding hydrogens is 286 g/mol. The third-order valence-electron chi connectivity index (χ3n) is 3.23. The minimum atomic E-state index is -0.0320. The quantitative estimate of drug-likeness (QED) is 0.871. The monoisotopic (exact) mass is 299 g/mol. The molecule has 0 bridgehead atoms. The second kappa shape index (κ2) is 5.54. The van der Waals surface area contributed by atoms with Gasteiger partial charge in [0.2, 0.25) is 5.88 Å². The number of amides is 1. The van der Waals surface area contributed by atoms with Crippen LogP contribution in [-0.4, -0.2) is 35.0 Å². The van der Waals surface area contributed by atoms with Gasteiger partial charge >= 0.3 is 0 Å². The number of nitriles is 1. The average molecular weight is 299 g/mol. The Morgan fingerprint density at radius 2 is 2.33 bits per heavy atom. The van der Waals surface area contributed by atoms with E-state index in [0.717, 1.165) is 10.4 Å². The molecule has 1 fully saturated rings. The van der Waals surface area contributed by atoms with Crippen LogP contribution >= 0.6 is 11.3 Å². The van der Waals surface area contributed by atoms with Crippen LogP contribution in [0.4, 0.5) is 0 Å². The highest BCUT2D eigenvalue weighted by Crippen LogP contribution is 2.21. The summed E-state index contributed by atoms with van der Waals surface area (Å²) in [5.74, 6) is 0.541. The summed E-state index contributed by atoms with van der Waals surface area (Å²) < 4.78 is 5.66. The van der Waals surface area contributed by atoms with Crippen molar-refractivity contribution >= 4 is 17.2 Å². The van der Waals surface area contributed by atoms with Crippen molar-refractivity contribution < 1.29 is 9.53 Å². The molecule has 1 aliphatic rings. The summed E-state index contributed by atoms with van der Waals surface area (Å²) in [7, 11) is 0. The smallest absolute Gasteiger partial charge is 0.264 e. The van der Waals surface area contributed by atoms with Crippen LogP contribution in [0.3, 0.4) is 0 Å². The number of carbonyl (C=O) groups excluding carboxylic acids is 1. The molecule has 2 aromatic rings. The lowest BCUT2D eigenvalue weighted by atomic mass is 10.1. The Balaban J connectivity index is 1.53. The number of pyridine rings is 1. The fourth-order valence-corrected chi connectivity index (χ4v) is 2.93. The van der Waals surface area contributed by atoms with E-state index in [4.69, 9.17) is 10.00 Å². The molecular formula is C15H13N3O2S. The molecule has 0 saturated carbocycles. The van der Waals surface area contributed by atoms with Gasteiger partial charge in [-0.25, -0.2) is 4.98 Å². The fourth-order valence-electron chi connectivity index (χ4n) is 2.06. The van der Waals surface area contributed by atoms with Gasteiger partial charge in [0.15, 0.2) is 0 Å². The van der Waals surface area contributed by atoms with Crippen molar-refractivity contribution in [2.24, 2.45) is 0 Å². The Morgan fingerprint density at radius 3 is 2.90 bits per heavy atom. The number of ether oxygens (including phenoxy) is 1. The van der Waals surface area contributed by atoms with Crippen LogP contribution in [-0.2, 0) is 0 Å². The molecule has 6 heteroatoms. The van der Waals surface area contributed by atoms with E-state index in [1.54, 1.807) is 17.0 Å². The van der Waals surface area contributed by atoms with Crippen LogP contribution in [0.1, 0.15) is 20.8 Å². The lowest BCUT2D eigenvalue weighted by Gasteiger charge is -2.38. The summed E-state index contributed by atoms with van der Waals surface area (Å²) >= 11 is 1.47. The van der Waals surface area contributed by atoms with Gasteiger partial charge in [-0.15, -0.1) is 11.3 Å². The van der Waals surface area contributed by atoms with Gasteiger partial charge in [-0.1, -0.05) is 0 Å². The maximum Gasteiger partial charge on any atom is 0.264 e. The Hall–Kier alpha value is -2.39. The lowest BCUT2D eigenvalue weighted by molar-refractivity contribution is 0.0164. The minimum Gasteiger partial charge on any atom is -0.471 e. The average Bonchev–Trinajstić information content (AvgIpc) is 2.89. The molecule has 0 N–H and O–H groups in total. The summed E-state index contributed by atoms with van der Waals surface area (Å²) in [5.41, 5.74) is 1.61. The van der Waals surface area contributed by atoms with Crippen molar-refractivity contribution in [3.8, 4) is 11.9 Å². The van der Waals surface area contributed by atoms with Gasteiger partial charge in [-0.3, -0.25) is 4.79 Å². The summed E-state index contributed by atoms with van der Waals surface area (Å²) in [6, 6.07) is 7.25. The number of aromatic nitrogens is 1. The first-order valence-corrected chi connectivity index (χ1v) is 7.41.